The van der Waals surface area contributed by atoms with Crippen LogP contribution in [-0.2, 0) is 41.8 Å². The van der Waals surface area contributed by atoms with Crippen LogP contribution in [0.4, 0.5) is 0 Å². The van der Waals surface area contributed by atoms with Crippen molar-refractivity contribution in [1.82, 2.24) is 20.5 Å². The zero-order valence-corrected chi connectivity index (χ0v) is 31.4. The fourth-order valence-corrected chi connectivity index (χ4v) is 9.41. The number of nitrogens with zero attached hydrogens (tertiary/aromatic N) is 2. The molecule has 2 aliphatic carbocycles. The van der Waals surface area contributed by atoms with Gasteiger partial charge in [0.2, 0.25) is 17.7 Å². The minimum absolute atomic E-state index is 0.00339. The van der Waals surface area contributed by atoms with Crippen LogP contribution < -0.4 is 10.6 Å². The molecule has 1 aromatic carbocycles. The fourth-order valence-electron chi connectivity index (χ4n) is 7.23. The molecule has 4 N–H and O–H groups in total. The number of morpholine rings is 1. The number of benzene rings is 1. The summed E-state index contributed by atoms with van der Waals surface area (Å²) in [6.45, 7) is 3.97. The van der Waals surface area contributed by atoms with E-state index in [4.69, 9.17) is 4.74 Å². The molecule has 1 saturated heterocycles. The summed E-state index contributed by atoms with van der Waals surface area (Å²) in [5, 5.41) is 29.8. The van der Waals surface area contributed by atoms with Gasteiger partial charge in [-0.15, -0.1) is 11.3 Å². The van der Waals surface area contributed by atoms with Crippen LogP contribution >= 0.6 is 11.3 Å². The first-order valence-corrected chi connectivity index (χ1v) is 20.9. The summed E-state index contributed by atoms with van der Waals surface area (Å²) in [6.07, 6.45) is 5.42. The summed E-state index contributed by atoms with van der Waals surface area (Å²) in [6, 6.07) is 7.18. The van der Waals surface area contributed by atoms with Crippen molar-refractivity contribution in [2.24, 2.45) is 17.8 Å². The lowest BCUT2D eigenvalue weighted by molar-refractivity contribution is -0.137. The van der Waals surface area contributed by atoms with E-state index in [0.717, 1.165) is 50.5 Å². The average molecular weight is 747 g/mol. The summed E-state index contributed by atoms with van der Waals surface area (Å²) in [5.41, 5.74) is 2.94. The molecule has 0 spiro atoms. The van der Waals surface area contributed by atoms with E-state index in [1.54, 1.807) is 35.2 Å². The number of ether oxygens (including phenoxy) is 1. The molecule has 12 nitrogen and oxygen atoms in total. The van der Waals surface area contributed by atoms with Crippen LogP contribution in [0, 0.1) is 17.8 Å². The Hall–Kier alpha value is -2.91. The lowest BCUT2D eigenvalue weighted by Crippen LogP contribution is -2.57. The van der Waals surface area contributed by atoms with Gasteiger partial charge in [-0.1, -0.05) is 62.4 Å². The molecule has 5 rings (SSSR count). The number of hydrogen-bond donors (Lipinski definition) is 4. The summed E-state index contributed by atoms with van der Waals surface area (Å²) in [5.74, 6) is -3.17. The molecule has 0 bridgehead atoms. The number of aliphatic hydroxyl groups is 2. The van der Waals surface area contributed by atoms with Crippen molar-refractivity contribution in [3.05, 3.63) is 52.5 Å². The second-order valence-corrected chi connectivity index (χ2v) is 18.3. The van der Waals surface area contributed by atoms with Crippen molar-refractivity contribution in [3.8, 4) is 0 Å². The second kappa shape index (κ2) is 17.7. The smallest absolute Gasteiger partial charge is 0.243 e. The molecular formula is C37H54N4O8S2. The van der Waals surface area contributed by atoms with Gasteiger partial charge in [-0.3, -0.25) is 14.4 Å². The second-order valence-electron chi connectivity index (χ2n) is 15.0. The highest BCUT2D eigenvalue weighted by molar-refractivity contribution is 7.93. The molecule has 5 atom stereocenters. The number of thiazole rings is 1. The van der Waals surface area contributed by atoms with Crippen LogP contribution in [0.25, 0.3) is 0 Å². The molecular weight excluding hydrogens is 693 g/mol. The quantitative estimate of drug-likeness (QED) is 0.190. The Morgan fingerprint density at radius 1 is 0.980 bits per heavy atom. The van der Waals surface area contributed by atoms with E-state index in [2.05, 4.69) is 15.6 Å². The SMILES string of the molecule is CC(C)(C(=O)N1CCOCC1)S(=O)(=O)C[C@@H](Cc1ccccc1)C(=O)N[C@H](Cc1cscn1)C(=O)N[C@@H](CC1CCCCC1)[C@@H](O)[C@@H](O)C1CC1. The third-order valence-electron chi connectivity index (χ3n) is 10.7. The van der Waals surface area contributed by atoms with Gasteiger partial charge in [0.15, 0.2) is 9.84 Å². The summed E-state index contributed by atoms with van der Waals surface area (Å²) >= 11 is 1.35. The normalized spacial score (nSPS) is 20.5. The van der Waals surface area contributed by atoms with E-state index < -0.39 is 68.3 Å². The first kappa shape index (κ1) is 39.3. The van der Waals surface area contributed by atoms with Gasteiger partial charge in [0.1, 0.15) is 16.9 Å². The molecule has 51 heavy (non-hydrogen) atoms. The monoisotopic (exact) mass is 746 g/mol. The largest absolute Gasteiger partial charge is 0.390 e. The topological polar surface area (TPSA) is 175 Å². The first-order valence-electron chi connectivity index (χ1n) is 18.3. The number of carbonyl (C=O) groups excluding carboxylic acids is 3. The molecule has 14 heteroatoms. The number of sulfone groups is 1. The van der Waals surface area contributed by atoms with Crippen molar-refractivity contribution in [2.45, 2.75) is 107 Å². The van der Waals surface area contributed by atoms with Crippen LogP contribution in [0.2, 0.25) is 0 Å². The van der Waals surface area contributed by atoms with Gasteiger partial charge in [-0.2, -0.15) is 0 Å². The molecule has 3 amide bonds. The summed E-state index contributed by atoms with van der Waals surface area (Å²) in [4.78, 5) is 47.7. The van der Waals surface area contributed by atoms with Crippen LogP contribution in [0.1, 0.15) is 76.5 Å². The van der Waals surface area contributed by atoms with Gasteiger partial charge in [-0.25, -0.2) is 13.4 Å². The Kier molecular flexibility index (Phi) is 13.7. The molecule has 1 aromatic heterocycles. The third-order valence-corrected chi connectivity index (χ3v) is 13.9. The predicted octanol–water partition coefficient (Wildman–Crippen LogP) is 2.67. The van der Waals surface area contributed by atoms with Gasteiger partial charge in [0.05, 0.1) is 48.2 Å². The highest BCUT2D eigenvalue weighted by atomic mass is 32.2. The van der Waals surface area contributed by atoms with Crippen molar-refractivity contribution in [3.63, 3.8) is 0 Å². The minimum atomic E-state index is -4.20. The maximum absolute atomic E-state index is 14.2. The molecule has 0 radical (unpaired) electrons. The van der Waals surface area contributed by atoms with E-state index in [0.29, 0.717) is 31.2 Å². The molecule has 282 valence electrons. The van der Waals surface area contributed by atoms with Crippen molar-refractivity contribution >= 4 is 38.9 Å². The molecule has 3 fully saturated rings. The van der Waals surface area contributed by atoms with Gasteiger partial charge in [0.25, 0.3) is 0 Å². The molecule has 2 saturated carbocycles. The number of aliphatic hydroxyl groups excluding tert-OH is 2. The Balaban J connectivity index is 1.38. The van der Waals surface area contributed by atoms with E-state index >= 15 is 0 Å². The fraction of sp³-hybridized carbons (Fsp3) is 0.676. The first-order chi connectivity index (χ1) is 24.4. The maximum atomic E-state index is 14.2. The summed E-state index contributed by atoms with van der Waals surface area (Å²) < 4.78 is 31.6. The molecule has 3 aliphatic rings. The highest BCUT2D eigenvalue weighted by Gasteiger charge is 2.46. The Morgan fingerprint density at radius 2 is 1.67 bits per heavy atom. The van der Waals surface area contributed by atoms with Crippen molar-refractivity contribution < 1.29 is 37.8 Å². The Morgan fingerprint density at radius 3 is 2.29 bits per heavy atom. The highest BCUT2D eigenvalue weighted by Crippen LogP contribution is 2.36. The van der Waals surface area contributed by atoms with E-state index in [1.807, 2.05) is 6.07 Å². The zero-order chi connectivity index (χ0) is 36.6. The van der Waals surface area contributed by atoms with Gasteiger partial charge >= 0.3 is 0 Å². The number of aromatic nitrogens is 1. The van der Waals surface area contributed by atoms with Crippen LogP contribution in [0.15, 0.2) is 41.2 Å². The van der Waals surface area contributed by atoms with Gasteiger partial charge in [-0.05, 0) is 56.9 Å². The zero-order valence-electron chi connectivity index (χ0n) is 29.7. The number of carbonyl (C=O) groups is 3. The third kappa shape index (κ3) is 10.6. The standard InChI is InChI=1S/C37H54N4O8S2/c1-37(2,36(46)41-15-17-49-18-16-41)51(47,48)23-28(19-25-9-5-3-6-10-25)34(44)40-31(21-29-22-50-24-38-29)35(45)39-30(20-26-11-7-4-8-12-26)33(43)32(42)27-13-14-27/h3,5-6,9-10,22,24,26-28,30-33,42-43H,4,7-8,11-21,23H2,1-2H3,(H,39,45)(H,40,44)/t28-,30+,31-,32+,33-/m1/s1. The Labute approximate surface area is 305 Å². The van der Waals surface area contributed by atoms with Crippen LogP contribution in [0.5, 0.6) is 0 Å². The maximum Gasteiger partial charge on any atom is 0.243 e. The predicted molar refractivity (Wildman–Crippen MR) is 195 cm³/mol. The van der Waals surface area contributed by atoms with Crippen molar-refractivity contribution in [2.75, 3.05) is 32.1 Å². The van der Waals surface area contributed by atoms with E-state index in [9.17, 15) is 33.0 Å². The molecule has 1 aliphatic heterocycles. The average Bonchev–Trinajstić information content (AvgIpc) is 3.86. The van der Waals surface area contributed by atoms with Crippen LogP contribution in [0.3, 0.4) is 0 Å². The van der Waals surface area contributed by atoms with E-state index in [1.165, 1.54) is 30.1 Å². The van der Waals surface area contributed by atoms with Crippen LogP contribution in [-0.4, -0.2) is 107 Å². The minimum Gasteiger partial charge on any atom is -0.390 e. The van der Waals surface area contributed by atoms with Gasteiger partial charge in [0, 0.05) is 24.9 Å². The molecule has 2 heterocycles. The number of rotatable bonds is 17. The summed E-state index contributed by atoms with van der Waals surface area (Å²) in [7, 11) is -4.20. The lowest BCUT2D eigenvalue weighted by atomic mass is 9.82. The molecule has 0 unspecified atom stereocenters. The number of amides is 3. The number of hydrogen-bond acceptors (Lipinski definition) is 10. The van der Waals surface area contributed by atoms with Gasteiger partial charge < -0.3 is 30.5 Å². The Bertz CT molecular complexity index is 1540. The lowest BCUT2D eigenvalue weighted by Gasteiger charge is -2.35. The molecule has 2 aromatic rings. The van der Waals surface area contributed by atoms with E-state index in [-0.39, 0.29) is 31.8 Å². The van der Waals surface area contributed by atoms with Crippen molar-refractivity contribution in [1.29, 1.82) is 0 Å². The number of nitrogens with one attached hydrogen (secondary N) is 2.